The summed E-state index contributed by atoms with van der Waals surface area (Å²) in [5.41, 5.74) is 7.07. The molecule has 0 radical (unpaired) electrons. The minimum atomic E-state index is -3.29. The maximum atomic E-state index is 12.6. The average molecular weight is 467 g/mol. The number of aryl methyl sites for hydroxylation is 1. The topological polar surface area (TPSA) is 83.8 Å². The second kappa shape index (κ2) is 9.89. The van der Waals surface area contributed by atoms with E-state index in [1.165, 1.54) is 15.4 Å². The van der Waals surface area contributed by atoms with Crippen LogP contribution in [0.5, 0.6) is 0 Å². The Hall–Kier alpha value is -2.97. The van der Waals surface area contributed by atoms with Gasteiger partial charge in [-0.25, -0.2) is 18.1 Å². The van der Waals surface area contributed by atoms with E-state index in [2.05, 4.69) is 52.3 Å². The molecule has 1 atom stereocenters. The van der Waals surface area contributed by atoms with Gasteiger partial charge >= 0.3 is 0 Å². The van der Waals surface area contributed by atoms with Crippen molar-refractivity contribution in [2.24, 2.45) is 11.0 Å². The Bertz CT molecular complexity index is 1260. The van der Waals surface area contributed by atoms with Gasteiger partial charge in [0.2, 0.25) is 15.9 Å². The monoisotopic (exact) mass is 466 g/mol. The van der Waals surface area contributed by atoms with Gasteiger partial charge in [0.1, 0.15) is 0 Å². The molecular formula is C25H30N4O3S. The zero-order chi connectivity index (χ0) is 23.4. The number of aromatic nitrogens is 1. The molecule has 1 fully saturated rings. The highest BCUT2D eigenvalue weighted by molar-refractivity contribution is 7.89. The van der Waals surface area contributed by atoms with Gasteiger partial charge in [0, 0.05) is 42.3 Å². The van der Waals surface area contributed by atoms with Gasteiger partial charge in [-0.2, -0.15) is 5.10 Å². The second-order valence-corrected chi connectivity index (χ2v) is 10.8. The van der Waals surface area contributed by atoms with Crippen molar-refractivity contribution in [1.29, 1.82) is 0 Å². The van der Waals surface area contributed by atoms with E-state index in [9.17, 15) is 13.2 Å². The normalized spacial score (nSPS) is 17.6. The standard InChI is InChI=1S/C25H30N4O3S/c1-3-33(31,32)29-14-6-7-21(18-29)25(30)27-26-15-22-17-28(24-9-5-4-8-23(22)24)16-20-12-10-19(2)11-13-20/h4-5,8-13,15,17,21H,3,6-7,14,16,18H2,1-2H3,(H,27,30)/b26-15-/t21-/m1/s1. The van der Waals surface area contributed by atoms with E-state index in [0.29, 0.717) is 19.4 Å². The van der Waals surface area contributed by atoms with Crippen molar-refractivity contribution >= 4 is 33.0 Å². The van der Waals surface area contributed by atoms with Crippen LogP contribution in [0, 0.1) is 12.8 Å². The quantitative estimate of drug-likeness (QED) is 0.427. The van der Waals surface area contributed by atoms with Gasteiger partial charge in [-0.3, -0.25) is 4.79 Å². The van der Waals surface area contributed by atoms with Crippen LogP contribution in [-0.4, -0.2) is 48.3 Å². The highest BCUT2D eigenvalue weighted by Gasteiger charge is 2.31. The number of piperidine rings is 1. The fourth-order valence-electron chi connectivity index (χ4n) is 4.25. The lowest BCUT2D eigenvalue weighted by Gasteiger charge is -2.30. The summed E-state index contributed by atoms with van der Waals surface area (Å²) >= 11 is 0. The molecule has 0 bridgehead atoms. The first-order valence-corrected chi connectivity index (χ1v) is 12.9. The number of carbonyl (C=O) groups excluding carboxylic acids is 1. The number of nitrogens with zero attached hydrogens (tertiary/aromatic N) is 3. The largest absolute Gasteiger partial charge is 0.342 e. The smallest absolute Gasteiger partial charge is 0.244 e. The summed E-state index contributed by atoms with van der Waals surface area (Å²) in [6.45, 7) is 5.13. The zero-order valence-electron chi connectivity index (χ0n) is 19.1. The third-order valence-electron chi connectivity index (χ3n) is 6.18. The number of amides is 1. The predicted octanol–water partition coefficient (Wildman–Crippen LogP) is 3.51. The molecule has 8 heteroatoms. The number of fused-ring (bicyclic) bond motifs is 1. The molecule has 0 saturated carbocycles. The van der Waals surface area contributed by atoms with Crippen molar-refractivity contribution in [2.45, 2.75) is 33.2 Å². The Labute approximate surface area is 195 Å². The summed E-state index contributed by atoms with van der Waals surface area (Å²) in [5, 5.41) is 5.26. The minimum absolute atomic E-state index is 0.0478. The molecule has 0 aliphatic carbocycles. The third-order valence-corrected chi connectivity index (χ3v) is 8.03. The second-order valence-electron chi connectivity index (χ2n) is 8.55. The molecule has 1 N–H and O–H groups in total. The molecule has 2 aromatic carbocycles. The Balaban J connectivity index is 1.47. The molecule has 1 amide bonds. The summed E-state index contributed by atoms with van der Waals surface area (Å²) in [7, 11) is -3.29. The Kier molecular flexibility index (Phi) is 6.95. The van der Waals surface area contributed by atoms with E-state index in [1.54, 1.807) is 13.1 Å². The maximum Gasteiger partial charge on any atom is 0.244 e. The molecule has 1 saturated heterocycles. The molecule has 0 spiro atoms. The number of nitrogens with one attached hydrogen (secondary N) is 1. The maximum absolute atomic E-state index is 12.6. The van der Waals surface area contributed by atoms with Gasteiger partial charge in [0.05, 0.1) is 17.9 Å². The van der Waals surface area contributed by atoms with Gasteiger partial charge in [-0.15, -0.1) is 0 Å². The zero-order valence-corrected chi connectivity index (χ0v) is 19.9. The number of hydrogen-bond acceptors (Lipinski definition) is 4. The lowest BCUT2D eigenvalue weighted by Crippen LogP contribution is -2.45. The van der Waals surface area contributed by atoms with Crippen molar-refractivity contribution in [3.63, 3.8) is 0 Å². The number of benzene rings is 2. The van der Waals surface area contributed by atoms with E-state index in [-0.39, 0.29) is 24.1 Å². The van der Waals surface area contributed by atoms with Crippen molar-refractivity contribution < 1.29 is 13.2 Å². The van der Waals surface area contributed by atoms with Crippen LogP contribution < -0.4 is 5.43 Å². The molecule has 1 aliphatic rings. The number of hydrogen-bond donors (Lipinski definition) is 1. The van der Waals surface area contributed by atoms with Crippen LogP contribution >= 0.6 is 0 Å². The lowest BCUT2D eigenvalue weighted by atomic mass is 9.99. The summed E-state index contributed by atoms with van der Waals surface area (Å²) in [6.07, 6.45) is 5.03. The van der Waals surface area contributed by atoms with Gasteiger partial charge in [0.25, 0.3) is 0 Å². The molecule has 3 aromatic rings. The van der Waals surface area contributed by atoms with Crippen LogP contribution in [0.3, 0.4) is 0 Å². The van der Waals surface area contributed by atoms with Crippen molar-refractivity contribution in [2.75, 3.05) is 18.8 Å². The minimum Gasteiger partial charge on any atom is -0.342 e. The molecule has 4 rings (SSSR count). The summed E-state index contributed by atoms with van der Waals surface area (Å²) < 4.78 is 27.9. The van der Waals surface area contributed by atoms with E-state index < -0.39 is 10.0 Å². The lowest BCUT2D eigenvalue weighted by molar-refractivity contribution is -0.126. The van der Waals surface area contributed by atoms with Crippen molar-refractivity contribution in [1.82, 2.24) is 14.3 Å². The molecule has 7 nitrogen and oxygen atoms in total. The third kappa shape index (κ3) is 5.34. The van der Waals surface area contributed by atoms with Gasteiger partial charge in [0.15, 0.2) is 0 Å². The Morgan fingerprint density at radius 3 is 2.70 bits per heavy atom. The van der Waals surface area contributed by atoms with Crippen LogP contribution in [0.15, 0.2) is 59.8 Å². The highest BCUT2D eigenvalue weighted by Crippen LogP contribution is 2.22. The van der Waals surface area contributed by atoms with E-state index in [1.807, 2.05) is 24.4 Å². The van der Waals surface area contributed by atoms with Crippen molar-refractivity contribution in [3.05, 3.63) is 71.4 Å². The number of para-hydroxylation sites is 1. The predicted molar refractivity (Wildman–Crippen MR) is 132 cm³/mol. The van der Waals surface area contributed by atoms with Gasteiger partial charge in [-0.1, -0.05) is 48.0 Å². The van der Waals surface area contributed by atoms with Crippen LogP contribution in [0.1, 0.15) is 36.5 Å². The molecule has 2 heterocycles. The summed E-state index contributed by atoms with van der Waals surface area (Å²) in [6, 6.07) is 16.6. The highest BCUT2D eigenvalue weighted by atomic mass is 32.2. The SMILES string of the molecule is CCS(=O)(=O)N1CCC[C@@H](C(=O)N/N=C\c2cn(Cc3ccc(C)cc3)c3ccccc23)C1. The Morgan fingerprint density at radius 1 is 1.18 bits per heavy atom. The van der Waals surface area contributed by atoms with Crippen molar-refractivity contribution in [3.8, 4) is 0 Å². The molecule has 174 valence electrons. The fraction of sp³-hybridized carbons (Fsp3) is 0.360. The van der Waals surface area contributed by atoms with Gasteiger partial charge < -0.3 is 4.57 Å². The number of carbonyl (C=O) groups is 1. The van der Waals surface area contributed by atoms with E-state index >= 15 is 0 Å². The summed E-state index contributed by atoms with van der Waals surface area (Å²) in [5.74, 6) is -0.586. The van der Waals surface area contributed by atoms with E-state index in [0.717, 1.165) is 23.0 Å². The van der Waals surface area contributed by atoms with E-state index in [4.69, 9.17) is 0 Å². The average Bonchev–Trinajstić information content (AvgIpc) is 3.18. The van der Waals surface area contributed by atoms with Crippen LogP contribution in [-0.2, 0) is 21.4 Å². The number of hydrazone groups is 1. The number of sulfonamides is 1. The molecule has 1 aliphatic heterocycles. The molecular weight excluding hydrogens is 436 g/mol. The fourth-order valence-corrected chi connectivity index (χ4v) is 5.43. The molecule has 0 unspecified atom stereocenters. The molecule has 1 aromatic heterocycles. The molecule has 33 heavy (non-hydrogen) atoms. The van der Waals surface area contributed by atoms with Crippen LogP contribution in [0.2, 0.25) is 0 Å². The first kappa shape index (κ1) is 23.2. The summed E-state index contributed by atoms with van der Waals surface area (Å²) in [4.78, 5) is 12.6. The van der Waals surface area contributed by atoms with Gasteiger partial charge in [-0.05, 0) is 38.3 Å². The first-order valence-electron chi connectivity index (χ1n) is 11.3. The Morgan fingerprint density at radius 2 is 1.94 bits per heavy atom. The van der Waals surface area contributed by atoms with Crippen LogP contribution in [0.4, 0.5) is 0 Å². The number of rotatable bonds is 7. The van der Waals surface area contributed by atoms with Crippen LogP contribution in [0.25, 0.3) is 10.9 Å². The first-order chi connectivity index (χ1) is 15.9.